The van der Waals surface area contributed by atoms with Crippen LogP contribution in [0.1, 0.15) is 11.8 Å². The SMILES string of the molecule is Cc1cc2c(N3CCSCC3C)nc(Cl)nc2s1. The Morgan fingerprint density at radius 2 is 2.28 bits per heavy atom. The normalized spacial score (nSPS) is 20.6. The third-order valence-corrected chi connectivity index (χ3v) is 5.41. The van der Waals surface area contributed by atoms with Crippen LogP contribution in [0.15, 0.2) is 6.07 Å². The van der Waals surface area contributed by atoms with Gasteiger partial charge in [-0.05, 0) is 31.5 Å². The van der Waals surface area contributed by atoms with Gasteiger partial charge >= 0.3 is 0 Å². The van der Waals surface area contributed by atoms with Gasteiger partial charge in [0.15, 0.2) is 0 Å². The predicted molar refractivity (Wildman–Crippen MR) is 81.3 cm³/mol. The molecule has 2 aromatic rings. The van der Waals surface area contributed by atoms with Gasteiger partial charge in [0, 0.05) is 29.0 Å². The number of fused-ring (bicyclic) bond motifs is 1. The van der Waals surface area contributed by atoms with Gasteiger partial charge in [-0.25, -0.2) is 4.98 Å². The van der Waals surface area contributed by atoms with Crippen molar-refractivity contribution in [2.24, 2.45) is 0 Å². The largest absolute Gasteiger partial charge is 0.352 e. The molecule has 1 atom stereocenters. The van der Waals surface area contributed by atoms with E-state index in [0.717, 1.165) is 34.1 Å². The van der Waals surface area contributed by atoms with Crippen LogP contribution < -0.4 is 4.90 Å². The number of hydrogen-bond donors (Lipinski definition) is 0. The van der Waals surface area contributed by atoms with Crippen molar-refractivity contribution in [2.45, 2.75) is 19.9 Å². The monoisotopic (exact) mass is 299 g/mol. The molecule has 2 aromatic heterocycles. The van der Waals surface area contributed by atoms with Crippen LogP contribution in [0.25, 0.3) is 10.2 Å². The van der Waals surface area contributed by atoms with Crippen molar-refractivity contribution >= 4 is 50.7 Å². The van der Waals surface area contributed by atoms with Crippen LogP contribution in [-0.2, 0) is 0 Å². The zero-order valence-electron chi connectivity index (χ0n) is 10.3. The summed E-state index contributed by atoms with van der Waals surface area (Å²) in [7, 11) is 0. The molecule has 0 N–H and O–H groups in total. The first-order chi connectivity index (χ1) is 8.65. The number of aromatic nitrogens is 2. The molecule has 1 unspecified atom stereocenters. The zero-order chi connectivity index (χ0) is 12.7. The third-order valence-electron chi connectivity index (χ3n) is 3.11. The Balaban J connectivity index is 2.14. The third kappa shape index (κ3) is 2.19. The number of rotatable bonds is 1. The number of thiophene rings is 1. The fraction of sp³-hybridized carbons (Fsp3) is 0.500. The number of nitrogens with zero attached hydrogens (tertiary/aromatic N) is 3. The van der Waals surface area contributed by atoms with Crippen molar-refractivity contribution in [1.82, 2.24) is 9.97 Å². The Morgan fingerprint density at radius 3 is 3.06 bits per heavy atom. The van der Waals surface area contributed by atoms with Crippen molar-refractivity contribution in [2.75, 3.05) is 23.0 Å². The van der Waals surface area contributed by atoms with Crippen LogP contribution in [0.2, 0.25) is 5.28 Å². The molecule has 0 aromatic carbocycles. The van der Waals surface area contributed by atoms with Crippen LogP contribution >= 0.6 is 34.7 Å². The molecule has 0 amide bonds. The molecule has 3 rings (SSSR count). The average Bonchev–Trinajstić information content (AvgIpc) is 2.69. The lowest BCUT2D eigenvalue weighted by Crippen LogP contribution is -2.41. The molecule has 0 spiro atoms. The first-order valence-electron chi connectivity index (χ1n) is 5.93. The highest BCUT2D eigenvalue weighted by atomic mass is 35.5. The van der Waals surface area contributed by atoms with Crippen LogP contribution in [0.5, 0.6) is 0 Å². The van der Waals surface area contributed by atoms with Gasteiger partial charge in [-0.3, -0.25) is 0 Å². The van der Waals surface area contributed by atoms with Crippen LogP contribution in [-0.4, -0.2) is 34.1 Å². The molecule has 6 heteroatoms. The molecule has 96 valence electrons. The summed E-state index contributed by atoms with van der Waals surface area (Å²) in [4.78, 5) is 13.4. The number of thioether (sulfide) groups is 1. The van der Waals surface area contributed by atoms with E-state index in [1.807, 2.05) is 11.8 Å². The Hall–Kier alpha value is -0.520. The quantitative estimate of drug-likeness (QED) is 0.753. The number of halogens is 1. The maximum absolute atomic E-state index is 6.05. The summed E-state index contributed by atoms with van der Waals surface area (Å²) >= 11 is 9.73. The van der Waals surface area contributed by atoms with Gasteiger partial charge in [-0.1, -0.05) is 0 Å². The van der Waals surface area contributed by atoms with Gasteiger partial charge in [0.25, 0.3) is 0 Å². The fourth-order valence-electron chi connectivity index (χ4n) is 2.26. The van der Waals surface area contributed by atoms with Crippen molar-refractivity contribution in [3.05, 3.63) is 16.2 Å². The van der Waals surface area contributed by atoms with E-state index in [1.54, 1.807) is 11.3 Å². The predicted octanol–water partition coefficient (Wildman–Crippen LogP) is 3.59. The van der Waals surface area contributed by atoms with E-state index in [2.05, 4.69) is 34.8 Å². The van der Waals surface area contributed by atoms with E-state index in [1.165, 1.54) is 4.88 Å². The van der Waals surface area contributed by atoms with Crippen LogP contribution in [0.4, 0.5) is 5.82 Å². The molecular weight excluding hydrogens is 286 g/mol. The molecule has 1 aliphatic heterocycles. The van der Waals surface area contributed by atoms with E-state index in [9.17, 15) is 0 Å². The number of aryl methyl sites for hydroxylation is 1. The minimum Gasteiger partial charge on any atom is -0.352 e. The molecule has 0 aliphatic carbocycles. The Morgan fingerprint density at radius 1 is 1.44 bits per heavy atom. The minimum absolute atomic E-state index is 0.352. The molecular formula is C12H14ClN3S2. The highest BCUT2D eigenvalue weighted by Gasteiger charge is 2.23. The summed E-state index contributed by atoms with van der Waals surface area (Å²) in [5.41, 5.74) is 0. The standard InChI is InChI=1S/C12H14ClN3S2/c1-7-6-17-4-3-16(7)10-9-5-8(2)18-11(9)15-12(13)14-10/h5,7H,3-4,6H2,1-2H3. The second-order valence-corrected chi connectivity index (χ2v) is 7.23. The Kier molecular flexibility index (Phi) is 3.38. The van der Waals surface area contributed by atoms with Crippen molar-refractivity contribution < 1.29 is 0 Å². The smallest absolute Gasteiger partial charge is 0.225 e. The molecule has 0 bridgehead atoms. The second-order valence-electron chi connectivity index (χ2n) is 4.51. The summed E-state index contributed by atoms with van der Waals surface area (Å²) in [6.45, 7) is 5.37. The summed E-state index contributed by atoms with van der Waals surface area (Å²) in [6.07, 6.45) is 0. The van der Waals surface area contributed by atoms with Gasteiger partial charge in [-0.15, -0.1) is 11.3 Å². The summed E-state index contributed by atoms with van der Waals surface area (Å²) in [5, 5.41) is 1.49. The van der Waals surface area contributed by atoms with Crippen LogP contribution in [0, 0.1) is 6.92 Å². The van der Waals surface area contributed by atoms with E-state index in [4.69, 9.17) is 11.6 Å². The van der Waals surface area contributed by atoms with E-state index in [-0.39, 0.29) is 0 Å². The molecule has 0 saturated carbocycles. The van der Waals surface area contributed by atoms with E-state index < -0.39 is 0 Å². The topological polar surface area (TPSA) is 29.0 Å². The molecule has 1 saturated heterocycles. The van der Waals surface area contributed by atoms with Crippen molar-refractivity contribution in [1.29, 1.82) is 0 Å². The first-order valence-corrected chi connectivity index (χ1v) is 8.28. The highest BCUT2D eigenvalue weighted by Crippen LogP contribution is 2.34. The van der Waals surface area contributed by atoms with E-state index >= 15 is 0 Å². The lowest BCUT2D eigenvalue weighted by atomic mass is 10.2. The Labute approximate surface area is 120 Å². The number of hydrogen-bond acceptors (Lipinski definition) is 5. The highest BCUT2D eigenvalue weighted by molar-refractivity contribution is 7.99. The molecule has 0 radical (unpaired) electrons. The minimum atomic E-state index is 0.352. The second kappa shape index (κ2) is 4.87. The van der Waals surface area contributed by atoms with Crippen molar-refractivity contribution in [3.63, 3.8) is 0 Å². The fourth-order valence-corrected chi connectivity index (χ4v) is 4.36. The maximum atomic E-state index is 6.05. The lowest BCUT2D eigenvalue weighted by Gasteiger charge is -2.34. The molecule has 3 heterocycles. The van der Waals surface area contributed by atoms with Gasteiger partial charge in [-0.2, -0.15) is 16.7 Å². The molecule has 3 nitrogen and oxygen atoms in total. The lowest BCUT2D eigenvalue weighted by molar-refractivity contribution is 0.692. The van der Waals surface area contributed by atoms with Gasteiger partial charge < -0.3 is 4.90 Å². The van der Waals surface area contributed by atoms with Gasteiger partial charge in [0.05, 0.1) is 5.39 Å². The van der Waals surface area contributed by atoms with Crippen molar-refractivity contribution in [3.8, 4) is 0 Å². The Bertz CT molecular complexity index is 584. The van der Waals surface area contributed by atoms with Gasteiger partial charge in [0.1, 0.15) is 10.6 Å². The maximum Gasteiger partial charge on any atom is 0.225 e. The van der Waals surface area contributed by atoms with Gasteiger partial charge in [0.2, 0.25) is 5.28 Å². The van der Waals surface area contributed by atoms with Crippen LogP contribution in [0.3, 0.4) is 0 Å². The van der Waals surface area contributed by atoms with E-state index in [0.29, 0.717) is 11.3 Å². The average molecular weight is 300 g/mol. The first kappa shape index (κ1) is 12.5. The summed E-state index contributed by atoms with van der Waals surface area (Å²) in [6, 6.07) is 2.67. The molecule has 18 heavy (non-hydrogen) atoms. The zero-order valence-corrected chi connectivity index (χ0v) is 12.7. The number of anilines is 1. The molecule has 1 fully saturated rings. The summed E-state index contributed by atoms with van der Waals surface area (Å²) < 4.78 is 0. The molecule has 1 aliphatic rings. The summed E-state index contributed by atoms with van der Waals surface area (Å²) in [5.74, 6) is 3.30.